The van der Waals surface area contributed by atoms with Gasteiger partial charge in [-0.2, -0.15) is 9.97 Å². The zero-order chi connectivity index (χ0) is 25.3. The molecule has 0 saturated carbocycles. The summed E-state index contributed by atoms with van der Waals surface area (Å²) in [6.45, 7) is -0.889. The second kappa shape index (κ2) is 10.1. The number of imidazole rings is 1. The van der Waals surface area contributed by atoms with E-state index < -0.39 is 50.6 Å². The Balaban J connectivity index is 1.45. The Morgan fingerprint density at radius 2 is 1.94 bits per heavy atom. The van der Waals surface area contributed by atoms with Crippen molar-refractivity contribution in [3.05, 3.63) is 47.5 Å². The molecular formula is C19H21ClN5O9P. The number of ether oxygens (including phenoxy) is 3. The number of nitrogens with two attached hydrogens (primary N) is 1. The number of carbonyl (C=O) groups excluding carboxylic acids is 1. The minimum atomic E-state index is -5.11. The molecule has 0 bridgehead atoms. The maximum absolute atomic E-state index is 12.3. The first-order valence-electron chi connectivity index (χ1n) is 10.1. The van der Waals surface area contributed by atoms with Gasteiger partial charge in [0.05, 0.1) is 12.9 Å². The number of nitrogens with zero attached hydrogens (tertiary/aromatic N) is 4. The van der Waals surface area contributed by atoms with E-state index in [2.05, 4.69) is 15.0 Å². The average molecular weight is 530 g/mol. The average Bonchev–Trinajstić information content (AvgIpc) is 3.34. The lowest BCUT2D eigenvalue weighted by Crippen LogP contribution is -2.36. The number of benzene rings is 1. The van der Waals surface area contributed by atoms with Gasteiger partial charge in [-0.1, -0.05) is 30.3 Å². The van der Waals surface area contributed by atoms with Crippen LogP contribution in [0.4, 0.5) is 5.82 Å². The molecule has 5 atom stereocenters. The third-order valence-corrected chi connectivity index (χ3v) is 6.32. The fourth-order valence-electron chi connectivity index (χ4n) is 3.48. The fraction of sp³-hybridized carbons (Fsp3) is 0.368. The summed E-state index contributed by atoms with van der Waals surface area (Å²) in [7, 11) is -5.11. The van der Waals surface area contributed by atoms with Crippen LogP contribution in [-0.2, 0) is 30.2 Å². The molecule has 16 heteroatoms. The zero-order valence-corrected chi connectivity index (χ0v) is 19.4. The number of rotatable bonds is 8. The quantitative estimate of drug-likeness (QED) is 0.147. The Morgan fingerprint density at radius 3 is 2.63 bits per heavy atom. The number of anilines is 1. The number of fused-ring (bicyclic) bond motifs is 1. The van der Waals surface area contributed by atoms with E-state index in [1.54, 1.807) is 30.3 Å². The highest BCUT2D eigenvalue weighted by Gasteiger charge is 2.46. The van der Waals surface area contributed by atoms with Crippen molar-refractivity contribution in [1.29, 1.82) is 0 Å². The van der Waals surface area contributed by atoms with Gasteiger partial charge in [-0.05, 0) is 17.2 Å². The molecule has 0 radical (unpaired) electrons. The Bertz CT molecular complexity index is 1260. The summed E-state index contributed by atoms with van der Waals surface area (Å²) >= 11 is 5.84. The molecule has 1 aromatic carbocycles. The molecule has 1 saturated heterocycles. The number of hydrogen-bond donors (Lipinski definition) is 5. The van der Waals surface area contributed by atoms with Crippen molar-refractivity contribution in [3.8, 4) is 0 Å². The lowest BCUT2D eigenvalue weighted by Gasteiger charge is -2.21. The number of nitrogen functional groups attached to an aromatic ring is 1. The summed E-state index contributed by atoms with van der Waals surface area (Å²) < 4.78 is 28.9. The molecule has 35 heavy (non-hydrogen) atoms. The van der Waals surface area contributed by atoms with E-state index in [0.717, 1.165) is 0 Å². The summed E-state index contributed by atoms with van der Waals surface area (Å²) in [6.07, 6.45) is -4.33. The van der Waals surface area contributed by atoms with Gasteiger partial charge in [-0.25, -0.2) is 9.78 Å². The van der Waals surface area contributed by atoms with Crippen LogP contribution >= 0.6 is 19.2 Å². The topological polar surface area (TPSA) is 212 Å². The molecular weight excluding hydrogens is 509 g/mol. The summed E-state index contributed by atoms with van der Waals surface area (Å²) in [5, 5.41) is 20.8. The minimum absolute atomic E-state index is 0.00910. The van der Waals surface area contributed by atoms with Crippen LogP contribution in [0.25, 0.3) is 11.2 Å². The first kappa shape index (κ1) is 25.4. The largest absolute Gasteiger partial charge is 0.458 e. The molecule has 188 valence electrons. The molecule has 3 aromatic rings. The lowest BCUT2D eigenvalue weighted by atomic mass is 10.1. The van der Waals surface area contributed by atoms with Crippen LogP contribution < -0.4 is 5.73 Å². The normalized spacial score (nSPS) is 23.5. The molecule has 1 aliphatic rings. The smallest absolute Gasteiger partial charge is 0.365 e. The van der Waals surface area contributed by atoms with Crippen molar-refractivity contribution >= 4 is 42.1 Å². The van der Waals surface area contributed by atoms with Crippen LogP contribution in [0.5, 0.6) is 0 Å². The third-order valence-electron chi connectivity index (χ3n) is 5.18. The highest BCUT2D eigenvalue weighted by atomic mass is 35.5. The van der Waals surface area contributed by atoms with Crippen molar-refractivity contribution in [2.75, 3.05) is 12.3 Å². The van der Waals surface area contributed by atoms with Crippen LogP contribution in [0, 0.1) is 0 Å². The first-order valence-corrected chi connectivity index (χ1v) is 12.2. The van der Waals surface area contributed by atoms with Crippen molar-refractivity contribution in [2.45, 2.75) is 37.0 Å². The van der Waals surface area contributed by atoms with E-state index in [4.69, 9.17) is 31.5 Å². The third kappa shape index (κ3) is 5.44. The van der Waals surface area contributed by atoms with E-state index in [-0.39, 0.29) is 28.9 Å². The van der Waals surface area contributed by atoms with Crippen LogP contribution in [0.1, 0.15) is 11.8 Å². The monoisotopic (exact) mass is 529 g/mol. The van der Waals surface area contributed by atoms with Crippen molar-refractivity contribution in [2.24, 2.45) is 0 Å². The van der Waals surface area contributed by atoms with Gasteiger partial charge < -0.3 is 39.9 Å². The molecule has 3 heterocycles. The SMILES string of the molecule is Nc1nc(Cl)nc2c1ncn2C1O[C@H](CO[C@@H](C(=O)OCc2ccccc2)P(=O)(O)O)[C@@H](O)[C@H]1O. The molecule has 0 spiro atoms. The highest BCUT2D eigenvalue weighted by molar-refractivity contribution is 7.53. The maximum atomic E-state index is 12.3. The Labute approximate surface area is 202 Å². The number of aromatic nitrogens is 4. The van der Waals surface area contributed by atoms with Gasteiger partial charge in [0.1, 0.15) is 30.4 Å². The number of hydrogen-bond acceptors (Lipinski definition) is 11. The number of halogens is 1. The second-order valence-electron chi connectivity index (χ2n) is 7.62. The van der Waals surface area contributed by atoms with E-state index in [1.807, 2.05) is 0 Å². The zero-order valence-electron chi connectivity index (χ0n) is 17.8. The van der Waals surface area contributed by atoms with Crippen molar-refractivity contribution < 1.29 is 43.6 Å². The van der Waals surface area contributed by atoms with E-state index in [0.29, 0.717) is 5.56 Å². The molecule has 14 nitrogen and oxygen atoms in total. The van der Waals surface area contributed by atoms with Crippen LogP contribution in [0.3, 0.4) is 0 Å². The van der Waals surface area contributed by atoms with Crippen LogP contribution in [-0.4, -0.2) is 76.3 Å². The van der Waals surface area contributed by atoms with Crippen molar-refractivity contribution in [1.82, 2.24) is 19.5 Å². The molecule has 4 rings (SSSR count). The standard InChI is InChI=1S/C19H21ClN5O9P/c20-19-23-14(21)11-15(24-19)25(8-22-11)16-13(27)12(26)10(34-16)7-33-18(35(29,30)31)17(28)32-6-9-4-2-1-3-5-9/h1-5,8,10,12-13,16,18,26-27H,6-7H2,(H2,21,23,24)(H2,29,30,31)/t10-,12-,13-,16?,18-/m1/s1. The molecule has 6 N–H and O–H groups in total. The predicted molar refractivity (Wildman–Crippen MR) is 119 cm³/mol. The van der Waals surface area contributed by atoms with Gasteiger partial charge in [0.25, 0.3) is 5.85 Å². The molecule has 1 aliphatic heterocycles. The maximum Gasteiger partial charge on any atom is 0.365 e. The van der Waals surface area contributed by atoms with E-state index in [9.17, 15) is 29.4 Å². The van der Waals surface area contributed by atoms with Crippen molar-refractivity contribution in [3.63, 3.8) is 0 Å². The number of carbonyl (C=O) groups is 1. The summed E-state index contributed by atoms with van der Waals surface area (Å²) in [6, 6.07) is 8.49. The van der Waals surface area contributed by atoms with E-state index in [1.165, 1.54) is 10.9 Å². The number of aliphatic hydroxyl groups is 2. The van der Waals surface area contributed by atoms with E-state index >= 15 is 0 Å². The number of esters is 1. The van der Waals surface area contributed by atoms with Gasteiger partial charge in [0.2, 0.25) is 5.28 Å². The molecule has 1 fully saturated rings. The van der Waals surface area contributed by atoms with Crippen LogP contribution in [0.15, 0.2) is 36.7 Å². The Kier molecular flexibility index (Phi) is 7.35. The van der Waals surface area contributed by atoms with Crippen LogP contribution in [0.2, 0.25) is 5.28 Å². The minimum Gasteiger partial charge on any atom is -0.458 e. The highest BCUT2D eigenvalue weighted by Crippen LogP contribution is 2.43. The van der Waals surface area contributed by atoms with Gasteiger partial charge in [-0.3, -0.25) is 9.13 Å². The van der Waals surface area contributed by atoms with Gasteiger partial charge in [0.15, 0.2) is 17.7 Å². The Hall–Kier alpha value is -2.68. The summed E-state index contributed by atoms with van der Waals surface area (Å²) in [4.78, 5) is 43.4. The summed E-state index contributed by atoms with van der Waals surface area (Å²) in [5.41, 5.74) is 6.67. The number of aliphatic hydroxyl groups excluding tert-OH is 2. The molecule has 1 unspecified atom stereocenters. The predicted octanol–water partition coefficient (Wildman–Crippen LogP) is -0.0551. The summed E-state index contributed by atoms with van der Waals surface area (Å²) in [5.74, 6) is -3.57. The van der Waals surface area contributed by atoms with Gasteiger partial charge in [0, 0.05) is 0 Å². The lowest BCUT2D eigenvalue weighted by molar-refractivity contribution is -0.157. The second-order valence-corrected chi connectivity index (χ2v) is 9.60. The first-order chi connectivity index (χ1) is 16.6. The Morgan fingerprint density at radius 1 is 1.23 bits per heavy atom. The molecule has 0 aliphatic carbocycles. The molecule has 2 aromatic heterocycles. The van der Waals surface area contributed by atoms with Gasteiger partial charge in [-0.15, -0.1) is 0 Å². The van der Waals surface area contributed by atoms with Gasteiger partial charge >= 0.3 is 13.6 Å². The molecule has 0 amide bonds. The fourth-order valence-corrected chi connectivity index (χ4v) is 4.28.